The summed E-state index contributed by atoms with van der Waals surface area (Å²) in [5, 5.41) is 0. The quantitative estimate of drug-likeness (QED) is 0.418. The number of nitrogens with zero attached hydrogens (tertiary/aromatic N) is 1. The number of H-pyrrole nitrogens is 1. The predicted octanol–water partition coefficient (Wildman–Crippen LogP) is 5.99. The highest BCUT2D eigenvalue weighted by atomic mass is 32.1. The zero-order chi connectivity index (χ0) is 18.9. The van der Waals surface area contributed by atoms with Gasteiger partial charge in [0.05, 0.1) is 15.9 Å². The van der Waals surface area contributed by atoms with Crippen LogP contribution in [0.25, 0.3) is 43.2 Å². The Bertz CT molecular complexity index is 1260. The van der Waals surface area contributed by atoms with Crippen molar-refractivity contribution >= 4 is 22.4 Å². The van der Waals surface area contributed by atoms with Gasteiger partial charge in [-0.25, -0.2) is 4.98 Å². The van der Waals surface area contributed by atoms with Crippen LogP contribution < -0.4 is 5.56 Å². The SMILES string of the molecule is O=c1[nH]c2ccccc2nc1-c1cc(-c2ccccc2)c(-c2ccccc2)s1. The molecule has 134 valence electrons. The Morgan fingerprint density at radius 2 is 1.39 bits per heavy atom. The smallest absolute Gasteiger partial charge is 0.275 e. The van der Waals surface area contributed by atoms with E-state index in [1.165, 1.54) is 0 Å². The van der Waals surface area contributed by atoms with Crippen LogP contribution in [0, 0.1) is 0 Å². The van der Waals surface area contributed by atoms with Crippen molar-refractivity contribution < 1.29 is 0 Å². The van der Waals surface area contributed by atoms with E-state index in [-0.39, 0.29) is 5.56 Å². The first-order chi connectivity index (χ1) is 13.8. The van der Waals surface area contributed by atoms with Crippen LogP contribution in [0.5, 0.6) is 0 Å². The maximum absolute atomic E-state index is 12.7. The third kappa shape index (κ3) is 2.94. The Kier molecular flexibility index (Phi) is 4.11. The van der Waals surface area contributed by atoms with Gasteiger partial charge in [0, 0.05) is 10.4 Å². The summed E-state index contributed by atoms with van der Waals surface area (Å²) >= 11 is 1.60. The van der Waals surface area contributed by atoms with E-state index >= 15 is 0 Å². The molecular formula is C24H16N2OS. The number of hydrogen-bond donors (Lipinski definition) is 1. The molecule has 0 fully saturated rings. The van der Waals surface area contributed by atoms with E-state index in [1.54, 1.807) is 11.3 Å². The molecule has 1 N–H and O–H groups in total. The Labute approximate surface area is 166 Å². The fourth-order valence-corrected chi connectivity index (χ4v) is 4.51. The van der Waals surface area contributed by atoms with Gasteiger partial charge >= 0.3 is 0 Å². The van der Waals surface area contributed by atoms with Gasteiger partial charge in [0.15, 0.2) is 0 Å². The zero-order valence-electron chi connectivity index (χ0n) is 14.9. The summed E-state index contributed by atoms with van der Waals surface area (Å²) < 4.78 is 0. The summed E-state index contributed by atoms with van der Waals surface area (Å²) in [7, 11) is 0. The zero-order valence-corrected chi connectivity index (χ0v) is 15.7. The van der Waals surface area contributed by atoms with Crippen molar-refractivity contribution in [1.29, 1.82) is 0 Å². The highest BCUT2D eigenvalue weighted by Crippen LogP contribution is 2.42. The number of rotatable bonds is 3. The van der Waals surface area contributed by atoms with Crippen molar-refractivity contribution in [3.8, 4) is 32.1 Å². The Morgan fingerprint density at radius 1 is 0.750 bits per heavy atom. The third-order valence-corrected chi connectivity index (χ3v) is 5.88. The molecule has 2 heterocycles. The van der Waals surface area contributed by atoms with E-state index in [0.29, 0.717) is 5.69 Å². The Morgan fingerprint density at radius 3 is 2.14 bits per heavy atom. The van der Waals surface area contributed by atoms with Gasteiger partial charge in [0.2, 0.25) is 0 Å². The van der Waals surface area contributed by atoms with Gasteiger partial charge < -0.3 is 4.98 Å². The van der Waals surface area contributed by atoms with Crippen LogP contribution in [-0.4, -0.2) is 9.97 Å². The van der Waals surface area contributed by atoms with E-state index in [2.05, 4.69) is 40.3 Å². The van der Waals surface area contributed by atoms with E-state index in [4.69, 9.17) is 0 Å². The number of hydrogen-bond acceptors (Lipinski definition) is 3. The van der Waals surface area contributed by atoms with E-state index < -0.39 is 0 Å². The molecule has 0 aliphatic rings. The van der Waals surface area contributed by atoms with Crippen molar-refractivity contribution in [2.24, 2.45) is 0 Å². The first-order valence-corrected chi connectivity index (χ1v) is 9.85. The second-order valence-electron chi connectivity index (χ2n) is 6.52. The maximum Gasteiger partial charge on any atom is 0.275 e. The summed E-state index contributed by atoms with van der Waals surface area (Å²) in [4.78, 5) is 22.3. The molecule has 0 saturated carbocycles. The summed E-state index contributed by atoms with van der Waals surface area (Å²) in [6.07, 6.45) is 0. The fraction of sp³-hybridized carbons (Fsp3) is 0. The van der Waals surface area contributed by atoms with Crippen LogP contribution in [0.3, 0.4) is 0 Å². The van der Waals surface area contributed by atoms with Crippen LogP contribution in [0.15, 0.2) is 95.8 Å². The lowest BCUT2D eigenvalue weighted by Gasteiger charge is -2.03. The standard InChI is InChI=1S/C24H16N2OS/c27-24-22(25-19-13-7-8-14-20(19)26-24)21-15-18(16-9-3-1-4-10-16)23(28-21)17-11-5-2-6-12-17/h1-15H,(H,26,27). The topological polar surface area (TPSA) is 45.8 Å². The van der Waals surface area contributed by atoms with Crippen molar-refractivity contribution in [1.82, 2.24) is 9.97 Å². The van der Waals surface area contributed by atoms with Gasteiger partial charge in [-0.3, -0.25) is 4.79 Å². The van der Waals surface area contributed by atoms with Crippen molar-refractivity contribution in [3.63, 3.8) is 0 Å². The minimum atomic E-state index is -0.167. The Balaban J connectivity index is 1.75. The van der Waals surface area contributed by atoms with E-state index in [1.807, 2.05) is 60.7 Å². The molecule has 4 heteroatoms. The first-order valence-electron chi connectivity index (χ1n) is 9.04. The number of aromatic nitrogens is 2. The fourth-order valence-electron chi connectivity index (χ4n) is 3.34. The third-order valence-electron chi connectivity index (χ3n) is 4.69. The lowest BCUT2D eigenvalue weighted by Crippen LogP contribution is -2.10. The van der Waals surface area contributed by atoms with Crippen molar-refractivity contribution in [2.45, 2.75) is 0 Å². The molecule has 0 unspecified atom stereocenters. The normalized spacial score (nSPS) is 11.0. The second-order valence-corrected chi connectivity index (χ2v) is 7.57. The lowest BCUT2D eigenvalue weighted by atomic mass is 10.0. The number of nitrogens with one attached hydrogen (secondary N) is 1. The van der Waals surface area contributed by atoms with Crippen molar-refractivity contribution in [2.75, 3.05) is 0 Å². The molecule has 0 aliphatic carbocycles. The summed E-state index contributed by atoms with van der Waals surface area (Å²) in [6, 6.07) is 30.2. The summed E-state index contributed by atoms with van der Waals surface area (Å²) in [6.45, 7) is 0. The molecule has 0 bridgehead atoms. The van der Waals surface area contributed by atoms with Gasteiger partial charge in [0.1, 0.15) is 5.69 Å². The molecule has 0 aliphatic heterocycles. The minimum Gasteiger partial charge on any atom is -0.319 e. The number of fused-ring (bicyclic) bond motifs is 1. The molecule has 3 aromatic carbocycles. The van der Waals surface area contributed by atoms with Crippen LogP contribution in [-0.2, 0) is 0 Å². The second kappa shape index (κ2) is 6.91. The maximum atomic E-state index is 12.7. The molecular weight excluding hydrogens is 364 g/mol. The molecule has 5 rings (SSSR count). The monoisotopic (exact) mass is 380 g/mol. The molecule has 0 radical (unpaired) electrons. The molecule has 28 heavy (non-hydrogen) atoms. The molecule has 0 spiro atoms. The van der Waals surface area contributed by atoms with Gasteiger partial charge in [-0.1, -0.05) is 72.8 Å². The average molecular weight is 380 g/mol. The predicted molar refractivity (Wildman–Crippen MR) is 117 cm³/mol. The Hall–Kier alpha value is -3.50. The van der Waals surface area contributed by atoms with Crippen LogP contribution in [0.4, 0.5) is 0 Å². The number of para-hydroxylation sites is 2. The van der Waals surface area contributed by atoms with Gasteiger partial charge in [-0.05, 0) is 29.3 Å². The number of benzene rings is 3. The molecule has 0 amide bonds. The van der Waals surface area contributed by atoms with Crippen molar-refractivity contribution in [3.05, 3.63) is 101 Å². The van der Waals surface area contributed by atoms with E-state index in [9.17, 15) is 4.79 Å². The lowest BCUT2D eigenvalue weighted by molar-refractivity contribution is 1.23. The van der Waals surface area contributed by atoms with Crippen LogP contribution >= 0.6 is 11.3 Å². The van der Waals surface area contributed by atoms with Gasteiger partial charge in [-0.2, -0.15) is 0 Å². The first kappa shape index (κ1) is 16.7. The molecule has 2 aromatic heterocycles. The molecule has 0 saturated heterocycles. The number of thiophene rings is 1. The molecule has 3 nitrogen and oxygen atoms in total. The highest BCUT2D eigenvalue weighted by Gasteiger charge is 2.17. The van der Waals surface area contributed by atoms with Crippen LogP contribution in [0.2, 0.25) is 0 Å². The average Bonchev–Trinajstić information content (AvgIpc) is 3.20. The van der Waals surface area contributed by atoms with Gasteiger partial charge in [-0.15, -0.1) is 11.3 Å². The highest BCUT2D eigenvalue weighted by molar-refractivity contribution is 7.19. The number of aromatic amines is 1. The van der Waals surface area contributed by atoms with Crippen LogP contribution in [0.1, 0.15) is 0 Å². The molecule has 0 atom stereocenters. The van der Waals surface area contributed by atoms with Gasteiger partial charge in [0.25, 0.3) is 5.56 Å². The molecule has 5 aromatic rings. The largest absolute Gasteiger partial charge is 0.319 e. The summed E-state index contributed by atoms with van der Waals surface area (Å²) in [5.41, 5.74) is 5.20. The summed E-state index contributed by atoms with van der Waals surface area (Å²) in [5.74, 6) is 0. The van der Waals surface area contributed by atoms with E-state index in [0.717, 1.165) is 37.5 Å². The minimum absolute atomic E-state index is 0.167.